The van der Waals surface area contributed by atoms with Gasteiger partial charge in [-0.05, 0) is 40.0 Å². The van der Waals surface area contributed by atoms with Gasteiger partial charge in [0.05, 0.1) is 12.6 Å². The van der Waals surface area contributed by atoms with E-state index < -0.39 is 17.4 Å². The summed E-state index contributed by atoms with van der Waals surface area (Å²) in [5, 5.41) is 1.67. The van der Waals surface area contributed by atoms with Crippen LogP contribution in [0.15, 0.2) is 41.8 Å². The van der Waals surface area contributed by atoms with Crippen molar-refractivity contribution in [2.75, 3.05) is 6.61 Å². The third-order valence-corrected chi connectivity index (χ3v) is 4.34. The average Bonchev–Trinajstić information content (AvgIpc) is 2.81. The molecule has 1 saturated heterocycles. The molecule has 0 unspecified atom stereocenters. The molecule has 1 aromatic rings. The van der Waals surface area contributed by atoms with Crippen molar-refractivity contribution in [3.05, 3.63) is 47.4 Å². The number of hydrogen-bond donors (Lipinski definition) is 0. The number of carbonyl (C=O) groups excluding carboxylic acids is 2. The number of nitrogens with zero attached hydrogens (tertiary/aromatic N) is 1. The van der Waals surface area contributed by atoms with Crippen LogP contribution in [0.1, 0.15) is 45.0 Å². The lowest BCUT2D eigenvalue weighted by Gasteiger charge is -2.34. The molecule has 5 nitrogen and oxygen atoms in total. The lowest BCUT2D eigenvalue weighted by atomic mass is 10.2. The first kappa shape index (κ1) is 19.5. The molecule has 1 fully saturated rings. The quantitative estimate of drug-likeness (QED) is 0.794. The summed E-state index contributed by atoms with van der Waals surface area (Å²) < 4.78 is 11.2. The van der Waals surface area contributed by atoms with Gasteiger partial charge in [-0.15, -0.1) is 0 Å². The van der Waals surface area contributed by atoms with Crippen LogP contribution in [0.5, 0.6) is 0 Å². The van der Waals surface area contributed by atoms with E-state index in [1.807, 2.05) is 58.9 Å². The van der Waals surface area contributed by atoms with Crippen LogP contribution in [0.3, 0.4) is 0 Å². The highest BCUT2D eigenvalue weighted by molar-refractivity contribution is 8.16. The molecule has 6 heteroatoms. The maximum Gasteiger partial charge on any atom is 0.413 e. The minimum absolute atomic E-state index is 0.0427. The smallest absolute Gasteiger partial charge is 0.413 e. The maximum atomic E-state index is 12.5. The van der Waals surface area contributed by atoms with Gasteiger partial charge in [0.25, 0.3) is 0 Å². The van der Waals surface area contributed by atoms with Crippen molar-refractivity contribution in [1.82, 2.24) is 4.90 Å². The summed E-state index contributed by atoms with van der Waals surface area (Å²) in [6.07, 6.45) is 1.38. The average molecular weight is 363 g/mol. The zero-order chi connectivity index (χ0) is 18.7. The van der Waals surface area contributed by atoms with Crippen molar-refractivity contribution in [3.8, 4) is 0 Å². The molecule has 1 amide bonds. The summed E-state index contributed by atoms with van der Waals surface area (Å²) in [4.78, 5) is 26.2. The largest absolute Gasteiger partial charge is 0.444 e. The summed E-state index contributed by atoms with van der Waals surface area (Å²) in [5.41, 5.74) is -0.697. The van der Waals surface area contributed by atoms with Crippen LogP contribution in [0.2, 0.25) is 0 Å². The number of amides is 1. The van der Waals surface area contributed by atoms with Crippen LogP contribution in [-0.4, -0.2) is 40.1 Å². The second kappa shape index (κ2) is 7.62. The molecule has 0 bridgehead atoms. The Morgan fingerprint density at radius 3 is 2.52 bits per heavy atom. The minimum Gasteiger partial charge on any atom is -0.444 e. The Labute approximate surface area is 153 Å². The van der Waals surface area contributed by atoms with Crippen molar-refractivity contribution < 1.29 is 19.1 Å². The maximum absolute atomic E-state index is 12.5. The summed E-state index contributed by atoms with van der Waals surface area (Å²) in [6.45, 7) is 9.50. The van der Waals surface area contributed by atoms with E-state index in [1.165, 1.54) is 0 Å². The van der Waals surface area contributed by atoms with Crippen molar-refractivity contribution in [1.29, 1.82) is 0 Å². The van der Waals surface area contributed by atoms with Gasteiger partial charge >= 0.3 is 6.09 Å². The first-order valence-corrected chi connectivity index (χ1v) is 9.07. The van der Waals surface area contributed by atoms with E-state index in [-0.39, 0.29) is 11.2 Å². The van der Waals surface area contributed by atoms with Crippen molar-refractivity contribution >= 4 is 23.0 Å². The summed E-state index contributed by atoms with van der Waals surface area (Å²) in [5.74, 6) is 0. The van der Waals surface area contributed by atoms with Crippen LogP contribution >= 0.6 is 11.8 Å². The van der Waals surface area contributed by atoms with Gasteiger partial charge in [0, 0.05) is 5.56 Å². The third-order valence-electron chi connectivity index (χ3n) is 3.59. The first-order chi connectivity index (χ1) is 11.6. The molecule has 25 heavy (non-hydrogen) atoms. The number of benzene rings is 1. The van der Waals surface area contributed by atoms with E-state index in [2.05, 4.69) is 0 Å². The number of hydrogen-bond acceptors (Lipinski definition) is 5. The monoisotopic (exact) mass is 363 g/mol. The van der Waals surface area contributed by atoms with E-state index in [1.54, 1.807) is 22.4 Å². The van der Waals surface area contributed by atoms with Gasteiger partial charge in [0.2, 0.25) is 5.12 Å². The van der Waals surface area contributed by atoms with Gasteiger partial charge in [0.1, 0.15) is 11.3 Å². The zero-order valence-corrected chi connectivity index (χ0v) is 16.1. The van der Waals surface area contributed by atoms with Crippen LogP contribution in [0.25, 0.3) is 0 Å². The van der Waals surface area contributed by atoms with Gasteiger partial charge in [-0.25, -0.2) is 4.79 Å². The van der Waals surface area contributed by atoms with E-state index in [9.17, 15) is 9.59 Å². The topological polar surface area (TPSA) is 55.8 Å². The molecule has 0 spiro atoms. The predicted molar refractivity (Wildman–Crippen MR) is 99.4 cm³/mol. The van der Waals surface area contributed by atoms with Gasteiger partial charge in [-0.1, -0.05) is 48.2 Å². The van der Waals surface area contributed by atoms with Crippen molar-refractivity contribution in [2.45, 2.75) is 52.0 Å². The fourth-order valence-corrected chi connectivity index (χ4v) is 3.13. The summed E-state index contributed by atoms with van der Waals surface area (Å²) in [6, 6.07) is 8.80. The molecule has 0 radical (unpaired) electrons. The highest BCUT2D eigenvalue weighted by atomic mass is 32.2. The first-order valence-electron chi connectivity index (χ1n) is 8.19. The molecular weight excluding hydrogens is 338 g/mol. The SMILES string of the molecule is CC(C)(C)OC(=O)N1[C@H](/C=C/SC(=O)c2ccccc2)COC1(C)C. The Kier molecular flexibility index (Phi) is 5.95. The van der Waals surface area contributed by atoms with Crippen LogP contribution in [0, 0.1) is 0 Å². The Bertz CT molecular complexity index is 649. The summed E-state index contributed by atoms with van der Waals surface area (Å²) >= 11 is 1.09. The molecule has 0 N–H and O–H groups in total. The third kappa shape index (κ3) is 5.34. The van der Waals surface area contributed by atoms with Crippen LogP contribution in [0.4, 0.5) is 4.79 Å². The number of ether oxygens (including phenoxy) is 2. The van der Waals surface area contributed by atoms with E-state index >= 15 is 0 Å². The van der Waals surface area contributed by atoms with Crippen molar-refractivity contribution in [2.24, 2.45) is 0 Å². The molecule has 0 aromatic heterocycles. The lowest BCUT2D eigenvalue weighted by Crippen LogP contribution is -2.49. The second-order valence-corrected chi connectivity index (χ2v) is 8.15. The fraction of sp³-hybridized carbons (Fsp3) is 0.474. The predicted octanol–water partition coefficient (Wildman–Crippen LogP) is 4.45. The van der Waals surface area contributed by atoms with Crippen molar-refractivity contribution in [3.63, 3.8) is 0 Å². The second-order valence-electron chi connectivity index (χ2n) is 7.28. The molecule has 0 aliphatic carbocycles. The number of carbonyl (C=O) groups is 2. The molecule has 1 atom stereocenters. The molecule has 1 aliphatic rings. The molecule has 2 rings (SSSR count). The molecule has 1 aromatic carbocycles. The van der Waals surface area contributed by atoms with E-state index in [4.69, 9.17) is 9.47 Å². The number of thioether (sulfide) groups is 1. The van der Waals surface area contributed by atoms with Gasteiger partial charge in [-0.2, -0.15) is 0 Å². The Morgan fingerprint density at radius 1 is 1.28 bits per heavy atom. The minimum atomic E-state index is -0.758. The Hall–Kier alpha value is -1.79. The zero-order valence-electron chi connectivity index (χ0n) is 15.3. The molecule has 0 saturated carbocycles. The summed E-state index contributed by atoms with van der Waals surface area (Å²) in [7, 11) is 0. The van der Waals surface area contributed by atoms with Gasteiger partial charge < -0.3 is 9.47 Å². The highest BCUT2D eigenvalue weighted by Gasteiger charge is 2.44. The normalized spacial score (nSPS) is 20.0. The van der Waals surface area contributed by atoms with Crippen LogP contribution in [-0.2, 0) is 9.47 Å². The fourth-order valence-electron chi connectivity index (χ4n) is 2.47. The van der Waals surface area contributed by atoms with Crippen LogP contribution < -0.4 is 0 Å². The van der Waals surface area contributed by atoms with Gasteiger partial charge in [0.15, 0.2) is 0 Å². The Morgan fingerprint density at radius 2 is 1.92 bits per heavy atom. The van der Waals surface area contributed by atoms with E-state index in [0.29, 0.717) is 12.2 Å². The highest BCUT2D eigenvalue weighted by Crippen LogP contribution is 2.30. The van der Waals surface area contributed by atoms with E-state index in [0.717, 1.165) is 11.8 Å². The standard InChI is InChI=1S/C19H25NO4S/c1-18(2,3)24-17(22)20-15(13-23-19(20,4)5)11-12-25-16(21)14-9-7-6-8-10-14/h6-12,15H,13H2,1-5H3/b12-11+/t15-/m1/s1. The lowest BCUT2D eigenvalue weighted by molar-refractivity contribution is -0.0610. The molecule has 1 heterocycles. The molecule has 136 valence electrons. The molecule has 1 aliphatic heterocycles. The Balaban J connectivity index is 2.04. The molecular formula is C19H25NO4S. The number of rotatable bonds is 3. The van der Waals surface area contributed by atoms with Gasteiger partial charge in [-0.3, -0.25) is 9.69 Å².